The lowest BCUT2D eigenvalue weighted by Crippen LogP contribution is -2.29. The molecule has 152 valence electrons. The number of nitrogens with one attached hydrogen (secondary N) is 1. The van der Waals surface area contributed by atoms with Crippen molar-refractivity contribution in [2.45, 2.75) is 13.0 Å². The van der Waals surface area contributed by atoms with Crippen LogP contribution < -0.4 is 19.5 Å². The Balaban J connectivity index is 1.55. The van der Waals surface area contributed by atoms with Crippen LogP contribution in [0.2, 0.25) is 0 Å². The highest BCUT2D eigenvalue weighted by Crippen LogP contribution is 2.32. The summed E-state index contributed by atoms with van der Waals surface area (Å²) in [5.74, 6) is 0.289. The molecule has 29 heavy (non-hydrogen) atoms. The van der Waals surface area contributed by atoms with Crippen LogP contribution in [-0.2, 0) is 14.3 Å². The molecule has 1 aliphatic rings. The van der Waals surface area contributed by atoms with E-state index < -0.39 is 18.0 Å². The van der Waals surface area contributed by atoms with Gasteiger partial charge in [0.15, 0.2) is 29.1 Å². The topological polar surface area (TPSA) is 103 Å². The minimum atomic E-state index is -1.00. The second kappa shape index (κ2) is 9.01. The van der Waals surface area contributed by atoms with Gasteiger partial charge in [0.05, 0.1) is 7.11 Å². The number of anilines is 1. The van der Waals surface area contributed by atoms with Crippen LogP contribution >= 0.6 is 0 Å². The van der Waals surface area contributed by atoms with E-state index in [1.54, 1.807) is 30.3 Å². The zero-order valence-corrected chi connectivity index (χ0v) is 16.0. The highest BCUT2D eigenvalue weighted by Gasteiger charge is 2.18. The van der Waals surface area contributed by atoms with Crippen molar-refractivity contribution in [3.8, 4) is 23.0 Å². The lowest BCUT2D eigenvalue weighted by Gasteiger charge is -2.19. The first-order valence-electron chi connectivity index (χ1n) is 8.92. The zero-order valence-electron chi connectivity index (χ0n) is 16.0. The molecular weight excluding hydrogens is 378 g/mol. The fourth-order valence-electron chi connectivity index (χ4n) is 2.59. The molecule has 2 N–H and O–H groups in total. The predicted molar refractivity (Wildman–Crippen MR) is 105 cm³/mol. The van der Waals surface area contributed by atoms with Gasteiger partial charge in [0.1, 0.15) is 13.2 Å². The number of phenols is 1. The molecule has 1 aliphatic heterocycles. The number of ether oxygens (including phenoxy) is 4. The molecule has 0 spiro atoms. The van der Waals surface area contributed by atoms with Crippen LogP contribution in [0.4, 0.5) is 5.69 Å². The van der Waals surface area contributed by atoms with Gasteiger partial charge in [-0.3, -0.25) is 4.79 Å². The summed E-state index contributed by atoms with van der Waals surface area (Å²) < 4.78 is 21.0. The molecule has 0 bridgehead atoms. The number of hydrogen-bond acceptors (Lipinski definition) is 7. The quantitative estimate of drug-likeness (QED) is 0.569. The third-order valence-corrected chi connectivity index (χ3v) is 4.09. The lowest BCUT2D eigenvalue weighted by molar-refractivity contribution is -0.148. The number of carbonyl (C=O) groups excluding carboxylic acids is 2. The maximum Gasteiger partial charge on any atom is 0.331 e. The minimum absolute atomic E-state index is 0.00309. The molecule has 0 radical (unpaired) electrons. The van der Waals surface area contributed by atoms with Gasteiger partial charge in [-0.2, -0.15) is 0 Å². The summed E-state index contributed by atoms with van der Waals surface area (Å²) in [6, 6.07) is 9.66. The highest BCUT2D eigenvalue weighted by molar-refractivity contribution is 5.96. The van der Waals surface area contributed by atoms with Crippen molar-refractivity contribution in [2.75, 3.05) is 25.6 Å². The number of amides is 1. The van der Waals surface area contributed by atoms with Gasteiger partial charge in [0.2, 0.25) is 0 Å². The number of phenolic OH excluding ortho intramolecular Hbond substituents is 1. The van der Waals surface area contributed by atoms with Crippen LogP contribution in [0.25, 0.3) is 6.08 Å². The summed E-state index contributed by atoms with van der Waals surface area (Å²) in [7, 11) is 1.43. The van der Waals surface area contributed by atoms with Crippen LogP contribution in [-0.4, -0.2) is 43.4 Å². The molecule has 1 amide bonds. The first-order chi connectivity index (χ1) is 14.0. The second-order valence-electron chi connectivity index (χ2n) is 6.19. The van der Waals surface area contributed by atoms with Crippen molar-refractivity contribution in [1.29, 1.82) is 0 Å². The molecule has 1 atom stereocenters. The lowest BCUT2D eigenvalue weighted by atomic mass is 10.2. The van der Waals surface area contributed by atoms with Crippen LogP contribution in [0.15, 0.2) is 42.5 Å². The molecule has 3 rings (SSSR count). The minimum Gasteiger partial charge on any atom is -0.504 e. The highest BCUT2D eigenvalue weighted by atomic mass is 16.6. The number of esters is 1. The van der Waals surface area contributed by atoms with E-state index in [1.165, 1.54) is 32.3 Å². The van der Waals surface area contributed by atoms with Gasteiger partial charge >= 0.3 is 5.97 Å². The van der Waals surface area contributed by atoms with E-state index in [1.807, 2.05) is 0 Å². The number of rotatable bonds is 6. The van der Waals surface area contributed by atoms with Crippen molar-refractivity contribution >= 4 is 23.6 Å². The Kier molecular flexibility index (Phi) is 6.23. The summed E-state index contributed by atoms with van der Waals surface area (Å²) in [5.41, 5.74) is 1.14. The molecule has 0 aliphatic carbocycles. The number of benzene rings is 2. The number of methoxy groups -OCH3 is 1. The first kappa shape index (κ1) is 20.1. The summed E-state index contributed by atoms with van der Waals surface area (Å²) in [6.07, 6.45) is 1.68. The normalized spacial score (nSPS) is 13.6. The molecule has 0 unspecified atom stereocenters. The van der Waals surface area contributed by atoms with Crippen molar-refractivity contribution in [3.05, 3.63) is 48.0 Å². The van der Waals surface area contributed by atoms with Crippen molar-refractivity contribution in [1.82, 2.24) is 0 Å². The summed E-state index contributed by atoms with van der Waals surface area (Å²) in [4.78, 5) is 24.3. The van der Waals surface area contributed by atoms with E-state index >= 15 is 0 Å². The molecule has 0 saturated carbocycles. The van der Waals surface area contributed by atoms with Gasteiger partial charge in [0, 0.05) is 17.8 Å². The van der Waals surface area contributed by atoms with Crippen molar-refractivity contribution in [3.63, 3.8) is 0 Å². The Morgan fingerprint density at radius 2 is 1.90 bits per heavy atom. The zero-order chi connectivity index (χ0) is 20.8. The van der Waals surface area contributed by atoms with Gasteiger partial charge in [-0.25, -0.2) is 4.79 Å². The monoisotopic (exact) mass is 399 g/mol. The molecule has 0 saturated heterocycles. The van der Waals surface area contributed by atoms with E-state index in [-0.39, 0.29) is 11.5 Å². The Labute approximate surface area is 167 Å². The van der Waals surface area contributed by atoms with Crippen LogP contribution in [0, 0.1) is 0 Å². The van der Waals surface area contributed by atoms with E-state index in [9.17, 15) is 14.7 Å². The smallest absolute Gasteiger partial charge is 0.331 e. The molecular formula is C21H21NO7. The predicted octanol–water partition coefficient (Wildman–Crippen LogP) is 2.76. The molecule has 2 aromatic carbocycles. The molecule has 8 nitrogen and oxygen atoms in total. The van der Waals surface area contributed by atoms with Crippen molar-refractivity contribution in [2.24, 2.45) is 0 Å². The van der Waals surface area contributed by atoms with Crippen LogP contribution in [0.3, 0.4) is 0 Å². The molecule has 0 aromatic heterocycles. The third-order valence-electron chi connectivity index (χ3n) is 4.09. The van der Waals surface area contributed by atoms with Crippen molar-refractivity contribution < 1.29 is 33.6 Å². The number of aromatic hydroxyl groups is 1. The summed E-state index contributed by atoms with van der Waals surface area (Å²) in [5, 5.41) is 12.3. The fraction of sp³-hybridized carbons (Fsp3) is 0.238. The maximum atomic E-state index is 12.3. The van der Waals surface area contributed by atoms with Gasteiger partial charge < -0.3 is 29.4 Å². The Hall–Kier alpha value is -3.68. The van der Waals surface area contributed by atoms with Gasteiger partial charge in [0.25, 0.3) is 5.91 Å². The van der Waals surface area contributed by atoms with Gasteiger partial charge in [-0.05, 0) is 42.8 Å². The molecule has 1 heterocycles. The molecule has 2 aromatic rings. The average molecular weight is 399 g/mol. The SMILES string of the molecule is COc1cc(/C=C/C(=O)O[C@H](C)C(=O)Nc2ccc3c(c2)OCCO3)ccc1O. The van der Waals surface area contributed by atoms with E-state index in [0.717, 1.165) is 0 Å². The fourth-order valence-corrected chi connectivity index (χ4v) is 2.59. The molecule has 0 fully saturated rings. The Morgan fingerprint density at radius 1 is 1.14 bits per heavy atom. The van der Waals surface area contributed by atoms with E-state index in [4.69, 9.17) is 18.9 Å². The van der Waals surface area contributed by atoms with Gasteiger partial charge in [-0.15, -0.1) is 0 Å². The molecule has 8 heteroatoms. The summed E-state index contributed by atoms with van der Waals surface area (Å²) >= 11 is 0. The summed E-state index contributed by atoms with van der Waals surface area (Å²) in [6.45, 7) is 2.40. The largest absolute Gasteiger partial charge is 0.504 e. The van der Waals surface area contributed by atoms with Crippen LogP contribution in [0.1, 0.15) is 12.5 Å². The number of fused-ring (bicyclic) bond motifs is 1. The Bertz CT molecular complexity index is 939. The second-order valence-corrected chi connectivity index (χ2v) is 6.19. The third kappa shape index (κ3) is 5.19. The average Bonchev–Trinajstić information content (AvgIpc) is 2.73. The maximum absolute atomic E-state index is 12.3. The van der Waals surface area contributed by atoms with Crippen LogP contribution in [0.5, 0.6) is 23.0 Å². The Morgan fingerprint density at radius 3 is 2.66 bits per heavy atom. The van der Waals surface area contributed by atoms with E-state index in [0.29, 0.717) is 36.0 Å². The van der Waals surface area contributed by atoms with Gasteiger partial charge in [-0.1, -0.05) is 6.07 Å². The standard InChI is InChI=1S/C21H21NO7/c1-13(21(25)22-15-5-7-17-19(12-15)28-10-9-27-17)29-20(24)8-4-14-3-6-16(23)18(11-14)26-2/h3-8,11-13,23H,9-10H2,1-2H3,(H,22,25)/b8-4+/t13-/m1/s1. The number of hydrogen-bond donors (Lipinski definition) is 2. The number of carbonyl (C=O) groups is 2. The first-order valence-corrected chi connectivity index (χ1v) is 8.92. The van der Waals surface area contributed by atoms with E-state index in [2.05, 4.69) is 5.32 Å².